The van der Waals surface area contributed by atoms with E-state index in [1.165, 1.54) is 0 Å². The van der Waals surface area contributed by atoms with Crippen LogP contribution >= 0.6 is 11.8 Å². The number of hydrogen-bond donors (Lipinski definition) is 2. The Bertz CT molecular complexity index is 426. The minimum Gasteiger partial charge on any atom is -0.480 e. The van der Waals surface area contributed by atoms with Crippen LogP contribution in [0.3, 0.4) is 0 Å². The van der Waals surface area contributed by atoms with Crippen LogP contribution in [0, 0.1) is 0 Å². The van der Waals surface area contributed by atoms with Crippen LogP contribution in [-0.4, -0.2) is 84.0 Å². The summed E-state index contributed by atoms with van der Waals surface area (Å²) in [4.78, 5) is 38.7. The van der Waals surface area contributed by atoms with Gasteiger partial charge in [-0.15, -0.1) is 11.8 Å². The third kappa shape index (κ3) is 8.01. The predicted molar refractivity (Wildman–Crippen MR) is 95.1 cm³/mol. The summed E-state index contributed by atoms with van der Waals surface area (Å²) in [5.74, 6) is -0.971. The van der Waals surface area contributed by atoms with E-state index < -0.39 is 11.2 Å². The molecule has 1 unspecified atom stereocenters. The molecule has 0 bridgehead atoms. The normalized spacial score (nSPS) is 16.7. The van der Waals surface area contributed by atoms with Gasteiger partial charge in [-0.25, -0.2) is 0 Å². The standard InChI is InChI=1S/C16H29N3O4S/c1-18-8-10-19(11-9-18)15(21)6-4-3-5-7-17-14(20)12-13(24-2)16(22)23/h13H,3-12H2,1-2H3,(H,17,20)(H,22,23). The third-order valence-corrected chi connectivity index (χ3v) is 5.11. The van der Waals surface area contributed by atoms with Gasteiger partial charge in [-0.05, 0) is 26.1 Å². The number of rotatable bonds is 10. The van der Waals surface area contributed by atoms with E-state index in [9.17, 15) is 14.4 Å². The summed E-state index contributed by atoms with van der Waals surface area (Å²) < 4.78 is 0. The molecule has 1 fully saturated rings. The van der Waals surface area contributed by atoms with E-state index in [1.54, 1.807) is 6.26 Å². The number of amides is 2. The first-order valence-corrected chi connectivity index (χ1v) is 9.71. The Kier molecular flexibility index (Phi) is 9.78. The summed E-state index contributed by atoms with van der Waals surface area (Å²) in [6.45, 7) is 4.02. The lowest BCUT2D eigenvalue weighted by Gasteiger charge is -2.32. The maximum absolute atomic E-state index is 12.0. The van der Waals surface area contributed by atoms with Crippen molar-refractivity contribution in [3.8, 4) is 0 Å². The number of hydrogen-bond acceptors (Lipinski definition) is 5. The van der Waals surface area contributed by atoms with Gasteiger partial charge in [0.05, 0.1) is 0 Å². The van der Waals surface area contributed by atoms with Crippen LogP contribution < -0.4 is 5.32 Å². The van der Waals surface area contributed by atoms with Crippen LogP contribution in [-0.2, 0) is 14.4 Å². The summed E-state index contributed by atoms with van der Waals surface area (Å²) in [6, 6.07) is 0. The van der Waals surface area contributed by atoms with Gasteiger partial charge < -0.3 is 20.2 Å². The highest BCUT2D eigenvalue weighted by molar-refractivity contribution is 7.99. The molecule has 0 aromatic carbocycles. The zero-order valence-corrected chi connectivity index (χ0v) is 15.4. The van der Waals surface area contributed by atoms with Crippen molar-refractivity contribution < 1.29 is 19.5 Å². The average molecular weight is 359 g/mol. The van der Waals surface area contributed by atoms with Crippen molar-refractivity contribution in [2.24, 2.45) is 0 Å². The number of likely N-dealkylation sites (N-methyl/N-ethyl adjacent to an activating group) is 1. The molecule has 1 saturated heterocycles. The van der Waals surface area contributed by atoms with E-state index in [-0.39, 0.29) is 18.2 Å². The number of unbranched alkanes of at least 4 members (excludes halogenated alkanes) is 2. The minimum absolute atomic E-state index is 0.00159. The number of carboxylic acid groups (broad SMARTS) is 1. The third-order valence-electron chi connectivity index (χ3n) is 4.18. The highest BCUT2D eigenvalue weighted by Gasteiger charge is 2.20. The van der Waals surface area contributed by atoms with Gasteiger partial charge in [0.15, 0.2) is 0 Å². The zero-order valence-electron chi connectivity index (χ0n) is 14.6. The Balaban J connectivity index is 2.04. The Morgan fingerprint density at radius 1 is 1.12 bits per heavy atom. The van der Waals surface area contributed by atoms with Crippen molar-refractivity contribution in [1.82, 2.24) is 15.1 Å². The second-order valence-electron chi connectivity index (χ2n) is 6.11. The Labute approximate surface area is 148 Å². The molecule has 7 nitrogen and oxygen atoms in total. The van der Waals surface area contributed by atoms with Gasteiger partial charge in [-0.1, -0.05) is 6.42 Å². The van der Waals surface area contributed by atoms with Crippen molar-refractivity contribution in [3.63, 3.8) is 0 Å². The molecule has 1 heterocycles. The van der Waals surface area contributed by atoms with Crippen LogP contribution in [0.5, 0.6) is 0 Å². The molecule has 1 aliphatic rings. The minimum atomic E-state index is -0.958. The van der Waals surface area contributed by atoms with Crippen molar-refractivity contribution in [2.45, 2.75) is 37.4 Å². The number of nitrogens with zero attached hydrogens (tertiary/aromatic N) is 2. The molecule has 0 aliphatic carbocycles. The number of thioether (sulfide) groups is 1. The molecule has 0 radical (unpaired) electrons. The molecule has 0 spiro atoms. The molecule has 1 aliphatic heterocycles. The van der Waals surface area contributed by atoms with Gasteiger partial charge in [0.1, 0.15) is 5.25 Å². The molecule has 8 heteroatoms. The van der Waals surface area contributed by atoms with Gasteiger partial charge in [-0.2, -0.15) is 0 Å². The van der Waals surface area contributed by atoms with Gasteiger partial charge >= 0.3 is 5.97 Å². The van der Waals surface area contributed by atoms with Crippen LogP contribution in [0.25, 0.3) is 0 Å². The monoisotopic (exact) mass is 359 g/mol. The zero-order chi connectivity index (χ0) is 17.9. The first kappa shape index (κ1) is 20.8. The molecular weight excluding hydrogens is 330 g/mol. The Morgan fingerprint density at radius 2 is 1.79 bits per heavy atom. The Morgan fingerprint density at radius 3 is 2.38 bits per heavy atom. The van der Waals surface area contributed by atoms with Crippen LogP contribution in [0.2, 0.25) is 0 Å². The second kappa shape index (κ2) is 11.3. The lowest BCUT2D eigenvalue weighted by Crippen LogP contribution is -2.47. The number of aliphatic carboxylic acids is 1. The number of nitrogens with one attached hydrogen (secondary N) is 1. The molecule has 1 rings (SSSR count). The SMILES string of the molecule is CSC(CC(=O)NCCCCCC(=O)N1CCN(C)CC1)C(=O)O. The molecule has 0 aromatic heterocycles. The summed E-state index contributed by atoms with van der Waals surface area (Å²) >= 11 is 1.16. The van der Waals surface area contributed by atoms with Crippen molar-refractivity contribution in [2.75, 3.05) is 46.0 Å². The maximum Gasteiger partial charge on any atom is 0.317 e. The van der Waals surface area contributed by atoms with Crippen LogP contribution in [0.15, 0.2) is 0 Å². The van der Waals surface area contributed by atoms with Gasteiger partial charge in [-0.3, -0.25) is 14.4 Å². The fraction of sp³-hybridized carbons (Fsp3) is 0.812. The van der Waals surface area contributed by atoms with Gasteiger partial charge in [0, 0.05) is 45.6 Å². The molecule has 138 valence electrons. The van der Waals surface area contributed by atoms with E-state index in [0.29, 0.717) is 13.0 Å². The topological polar surface area (TPSA) is 90.0 Å². The number of piperazine rings is 1. The van der Waals surface area contributed by atoms with E-state index in [0.717, 1.165) is 57.2 Å². The first-order valence-electron chi connectivity index (χ1n) is 8.42. The molecule has 0 aromatic rings. The maximum atomic E-state index is 12.0. The van der Waals surface area contributed by atoms with Crippen LogP contribution in [0.1, 0.15) is 32.1 Å². The highest BCUT2D eigenvalue weighted by Crippen LogP contribution is 2.11. The largest absolute Gasteiger partial charge is 0.480 e. The number of carbonyl (C=O) groups excluding carboxylic acids is 2. The lowest BCUT2D eigenvalue weighted by molar-refractivity contribution is -0.138. The summed E-state index contributed by atoms with van der Waals surface area (Å²) in [5.41, 5.74) is 0. The molecule has 24 heavy (non-hydrogen) atoms. The van der Waals surface area contributed by atoms with Crippen molar-refractivity contribution in [1.29, 1.82) is 0 Å². The van der Waals surface area contributed by atoms with Gasteiger partial charge in [0.2, 0.25) is 11.8 Å². The van der Waals surface area contributed by atoms with Crippen molar-refractivity contribution in [3.05, 3.63) is 0 Å². The summed E-state index contributed by atoms with van der Waals surface area (Å²) in [7, 11) is 2.06. The molecule has 1 atom stereocenters. The van der Waals surface area contributed by atoms with E-state index in [4.69, 9.17) is 5.11 Å². The fourth-order valence-corrected chi connectivity index (χ4v) is 3.05. The van der Waals surface area contributed by atoms with Gasteiger partial charge in [0.25, 0.3) is 0 Å². The average Bonchev–Trinajstić information content (AvgIpc) is 2.55. The van der Waals surface area contributed by atoms with E-state index in [1.807, 2.05) is 4.90 Å². The first-order chi connectivity index (χ1) is 11.4. The summed E-state index contributed by atoms with van der Waals surface area (Å²) in [5, 5.41) is 11.0. The molecular formula is C16H29N3O4S. The molecule has 2 N–H and O–H groups in total. The summed E-state index contributed by atoms with van der Waals surface area (Å²) in [6.07, 6.45) is 4.75. The fourth-order valence-electron chi connectivity index (χ4n) is 2.53. The van der Waals surface area contributed by atoms with Crippen molar-refractivity contribution >= 4 is 29.5 Å². The quantitative estimate of drug-likeness (QED) is 0.557. The van der Waals surface area contributed by atoms with Crippen LogP contribution in [0.4, 0.5) is 0 Å². The lowest BCUT2D eigenvalue weighted by atomic mass is 10.1. The molecule has 2 amide bonds. The Hall–Kier alpha value is -1.28. The molecule has 0 saturated carbocycles. The predicted octanol–water partition coefficient (Wildman–Crippen LogP) is 0.643. The van der Waals surface area contributed by atoms with E-state index >= 15 is 0 Å². The second-order valence-corrected chi connectivity index (χ2v) is 7.15. The highest BCUT2D eigenvalue weighted by atomic mass is 32.2. The number of carbonyl (C=O) groups is 3. The van der Waals surface area contributed by atoms with E-state index in [2.05, 4.69) is 17.3 Å². The smallest absolute Gasteiger partial charge is 0.317 e. The number of carboxylic acids is 1.